The maximum atomic E-state index is 5.39. The summed E-state index contributed by atoms with van der Waals surface area (Å²) in [6.07, 6.45) is 11.0. The Morgan fingerprint density at radius 1 is 1.21 bits per heavy atom. The third-order valence-corrected chi connectivity index (χ3v) is 3.90. The number of aromatic nitrogens is 1. The van der Waals surface area contributed by atoms with Crippen LogP contribution in [-0.4, -0.2) is 16.1 Å². The lowest BCUT2D eigenvalue weighted by molar-refractivity contribution is 0.429. The fraction of sp³-hybridized carbons (Fsp3) is 0.600. The number of nitrogens with one attached hydrogen (secondary N) is 2. The van der Waals surface area contributed by atoms with E-state index in [0.29, 0.717) is 11.2 Å². The van der Waals surface area contributed by atoms with Gasteiger partial charge in [0.1, 0.15) is 5.82 Å². The minimum Gasteiger partial charge on any atom is -0.360 e. The SMILES string of the molecule is Cc1cccnc1NC(=S)NC1CCCCCCC1. The van der Waals surface area contributed by atoms with Crippen LogP contribution >= 0.6 is 12.2 Å². The number of pyridine rings is 1. The lowest BCUT2D eigenvalue weighted by Crippen LogP contribution is -2.38. The molecule has 1 aliphatic rings. The Labute approximate surface area is 121 Å². The number of aryl methyl sites for hydroxylation is 1. The fourth-order valence-corrected chi connectivity index (χ4v) is 2.81. The standard InChI is InChI=1S/C15H23N3S/c1-12-8-7-11-16-14(12)18-15(19)17-13-9-5-3-2-4-6-10-13/h7-8,11,13H,2-6,9-10H2,1H3,(H2,16,17,18,19). The fourth-order valence-electron chi connectivity index (χ4n) is 2.55. The Hall–Kier alpha value is -1.16. The van der Waals surface area contributed by atoms with Gasteiger partial charge in [-0.25, -0.2) is 4.98 Å². The van der Waals surface area contributed by atoms with Crippen molar-refractivity contribution in [2.24, 2.45) is 0 Å². The summed E-state index contributed by atoms with van der Waals surface area (Å²) >= 11 is 5.39. The lowest BCUT2D eigenvalue weighted by Gasteiger charge is -2.22. The zero-order valence-electron chi connectivity index (χ0n) is 11.6. The Morgan fingerprint density at radius 2 is 1.89 bits per heavy atom. The molecule has 3 nitrogen and oxygen atoms in total. The van der Waals surface area contributed by atoms with Crippen molar-refractivity contribution in [1.82, 2.24) is 10.3 Å². The number of nitrogens with zero attached hydrogens (tertiary/aromatic N) is 1. The molecule has 2 rings (SSSR count). The maximum Gasteiger partial charge on any atom is 0.172 e. The van der Waals surface area contributed by atoms with E-state index in [-0.39, 0.29) is 0 Å². The van der Waals surface area contributed by atoms with Crippen LogP contribution in [0.2, 0.25) is 0 Å². The lowest BCUT2D eigenvalue weighted by atomic mass is 9.97. The summed E-state index contributed by atoms with van der Waals surface area (Å²) < 4.78 is 0. The Kier molecular flexibility index (Phi) is 5.58. The highest BCUT2D eigenvalue weighted by molar-refractivity contribution is 7.80. The molecule has 1 fully saturated rings. The van der Waals surface area contributed by atoms with Crippen LogP contribution in [0.5, 0.6) is 0 Å². The number of thiocarbonyl (C=S) groups is 1. The molecule has 4 heteroatoms. The van der Waals surface area contributed by atoms with Gasteiger partial charge in [-0.2, -0.15) is 0 Å². The van der Waals surface area contributed by atoms with Gasteiger partial charge in [0.15, 0.2) is 5.11 Å². The van der Waals surface area contributed by atoms with Crippen molar-refractivity contribution in [1.29, 1.82) is 0 Å². The molecule has 1 aliphatic carbocycles. The maximum absolute atomic E-state index is 5.39. The Morgan fingerprint density at radius 3 is 2.58 bits per heavy atom. The molecule has 0 spiro atoms. The van der Waals surface area contributed by atoms with Gasteiger partial charge in [-0.15, -0.1) is 0 Å². The third-order valence-electron chi connectivity index (χ3n) is 3.68. The largest absolute Gasteiger partial charge is 0.360 e. The average molecular weight is 277 g/mol. The molecule has 0 unspecified atom stereocenters. The Balaban J connectivity index is 1.84. The van der Waals surface area contributed by atoms with Gasteiger partial charge in [-0.05, 0) is 43.6 Å². The van der Waals surface area contributed by atoms with E-state index >= 15 is 0 Å². The zero-order chi connectivity index (χ0) is 13.5. The van der Waals surface area contributed by atoms with Crippen molar-refractivity contribution in [3.05, 3.63) is 23.9 Å². The first-order valence-electron chi connectivity index (χ1n) is 7.25. The minimum absolute atomic E-state index is 0.518. The second kappa shape index (κ2) is 7.43. The van der Waals surface area contributed by atoms with Crippen LogP contribution < -0.4 is 10.6 Å². The number of rotatable bonds is 2. The van der Waals surface area contributed by atoms with Crippen molar-refractivity contribution in [3.63, 3.8) is 0 Å². The van der Waals surface area contributed by atoms with Crippen LogP contribution in [0.15, 0.2) is 18.3 Å². The monoisotopic (exact) mass is 277 g/mol. The van der Waals surface area contributed by atoms with Gasteiger partial charge < -0.3 is 10.6 Å². The van der Waals surface area contributed by atoms with Crippen molar-refractivity contribution in [2.45, 2.75) is 57.9 Å². The molecule has 0 aliphatic heterocycles. The molecule has 0 atom stereocenters. The molecule has 1 aromatic rings. The third kappa shape index (κ3) is 4.78. The highest BCUT2D eigenvalue weighted by Crippen LogP contribution is 2.17. The van der Waals surface area contributed by atoms with Gasteiger partial charge in [-0.1, -0.05) is 38.2 Å². The summed E-state index contributed by atoms with van der Waals surface area (Å²) in [6.45, 7) is 2.04. The summed E-state index contributed by atoms with van der Waals surface area (Å²) in [5, 5.41) is 7.35. The van der Waals surface area contributed by atoms with Gasteiger partial charge in [0.25, 0.3) is 0 Å². The molecule has 0 bridgehead atoms. The van der Waals surface area contributed by atoms with Crippen molar-refractivity contribution in [3.8, 4) is 0 Å². The van der Waals surface area contributed by atoms with Gasteiger partial charge >= 0.3 is 0 Å². The first kappa shape index (κ1) is 14.3. The second-order valence-electron chi connectivity index (χ2n) is 5.31. The minimum atomic E-state index is 0.518. The van der Waals surface area contributed by atoms with Crippen LogP contribution in [0.3, 0.4) is 0 Å². The van der Waals surface area contributed by atoms with Crippen LogP contribution in [0.1, 0.15) is 50.5 Å². The Bertz CT molecular complexity index is 412. The highest BCUT2D eigenvalue weighted by Gasteiger charge is 2.12. The summed E-state index contributed by atoms with van der Waals surface area (Å²) in [5.41, 5.74) is 1.12. The first-order chi connectivity index (χ1) is 9.25. The molecule has 1 aromatic heterocycles. The first-order valence-corrected chi connectivity index (χ1v) is 7.65. The molecule has 0 radical (unpaired) electrons. The van der Waals surface area contributed by atoms with Gasteiger partial charge in [0, 0.05) is 12.2 Å². The molecular formula is C15H23N3S. The number of anilines is 1. The van der Waals surface area contributed by atoms with Crippen LogP contribution in [0.4, 0.5) is 5.82 Å². The normalized spacial score (nSPS) is 17.3. The van der Waals surface area contributed by atoms with Crippen LogP contribution in [-0.2, 0) is 0 Å². The van der Waals surface area contributed by atoms with Crippen molar-refractivity contribution >= 4 is 23.1 Å². The molecule has 0 aromatic carbocycles. The second-order valence-corrected chi connectivity index (χ2v) is 5.72. The number of hydrogen-bond acceptors (Lipinski definition) is 2. The molecule has 0 amide bonds. The van der Waals surface area contributed by atoms with Gasteiger partial charge in [0.05, 0.1) is 0 Å². The van der Waals surface area contributed by atoms with E-state index < -0.39 is 0 Å². The van der Waals surface area contributed by atoms with E-state index in [1.807, 2.05) is 19.1 Å². The predicted octanol–water partition coefficient (Wildman–Crippen LogP) is 3.79. The van der Waals surface area contributed by atoms with Crippen molar-refractivity contribution in [2.75, 3.05) is 5.32 Å². The summed E-state index contributed by atoms with van der Waals surface area (Å²) in [7, 11) is 0. The zero-order valence-corrected chi connectivity index (χ0v) is 12.4. The van der Waals surface area contributed by atoms with Crippen LogP contribution in [0, 0.1) is 6.92 Å². The quantitative estimate of drug-likeness (QED) is 0.807. The van der Waals surface area contributed by atoms with E-state index in [2.05, 4.69) is 15.6 Å². The van der Waals surface area contributed by atoms with E-state index in [0.717, 1.165) is 11.4 Å². The molecular weight excluding hydrogens is 254 g/mol. The topological polar surface area (TPSA) is 37.0 Å². The van der Waals surface area contributed by atoms with Crippen molar-refractivity contribution < 1.29 is 0 Å². The molecule has 2 N–H and O–H groups in total. The smallest absolute Gasteiger partial charge is 0.172 e. The molecule has 19 heavy (non-hydrogen) atoms. The van der Waals surface area contributed by atoms with Crippen LogP contribution in [0.25, 0.3) is 0 Å². The summed E-state index contributed by atoms with van der Waals surface area (Å²) in [6, 6.07) is 4.49. The van der Waals surface area contributed by atoms with E-state index in [1.165, 1.54) is 44.9 Å². The van der Waals surface area contributed by atoms with Gasteiger partial charge in [0.2, 0.25) is 0 Å². The summed E-state index contributed by atoms with van der Waals surface area (Å²) in [5.74, 6) is 0.853. The summed E-state index contributed by atoms with van der Waals surface area (Å²) in [4.78, 5) is 4.31. The average Bonchev–Trinajstić information content (AvgIpc) is 2.35. The van der Waals surface area contributed by atoms with E-state index in [4.69, 9.17) is 12.2 Å². The van der Waals surface area contributed by atoms with Gasteiger partial charge in [-0.3, -0.25) is 0 Å². The molecule has 104 valence electrons. The van der Waals surface area contributed by atoms with E-state index in [1.54, 1.807) is 6.20 Å². The number of hydrogen-bond donors (Lipinski definition) is 2. The predicted molar refractivity (Wildman–Crippen MR) is 84.4 cm³/mol. The molecule has 1 heterocycles. The molecule has 1 saturated carbocycles. The molecule has 0 saturated heterocycles. The highest BCUT2D eigenvalue weighted by atomic mass is 32.1. The van der Waals surface area contributed by atoms with E-state index in [9.17, 15) is 0 Å².